The van der Waals surface area contributed by atoms with Crippen LogP contribution in [0, 0.1) is 0 Å². The zero-order valence-electron chi connectivity index (χ0n) is 11.5. The van der Waals surface area contributed by atoms with Crippen LogP contribution in [0.2, 0.25) is 5.22 Å². The molecule has 1 fully saturated rings. The van der Waals surface area contributed by atoms with E-state index in [1.54, 1.807) is 0 Å². The lowest BCUT2D eigenvalue weighted by Crippen LogP contribution is -2.41. The molecular weight excluding hydrogens is 262 g/mol. The predicted molar refractivity (Wildman–Crippen MR) is 76.9 cm³/mol. The molecule has 100 valence electrons. The van der Waals surface area contributed by atoms with Gasteiger partial charge in [0.05, 0.1) is 11.2 Å². The molecule has 0 atom stereocenters. The van der Waals surface area contributed by atoms with Crippen molar-refractivity contribution in [2.45, 2.75) is 38.9 Å². The Balaban J connectivity index is 2.10. The van der Waals surface area contributed by atoms with E-state index in [4.69, 9.17) is 25.3 Å². The highest BCUT2D eigenvalue weighted by molar-refractivity contribution is 6.68. The number of furan rings is 1. The Kier molecular flexibility index (Phi) is 2.75. The van der Waals surface area contributed by atoms with E-state index in [2.05, 4.69) is 0 Å². The van der Waals surface area contributed by atoms with E-state index in [1.807, 2.05) is 52.0 Å². The highest BCUT2D eigenvalue weighted by Gasteiger charge is 2.53. The van der Waals surface area contributed by atoms with Gasteiger partial charge in [-0.25, -0.2) is 0 Å². The van der Waals surface area contributed by atoms with Gasteiger partial charge in [0.1, 0.15) is 5.58 Å². The molecule has 0 bridgehead atoms. The average Bonchev–Trinajstić information content (AvgIpc) is 2.72. The fourth-order valence-electron chi connectivity index (χ4n) is 2.22. The SMILES string of the molecule is CC1(C)OB(c2c(Cl)oc3ccccc23)OC1(C)C. The number of hydrogen-bond donors (Lipinski definition) is 0. The molecule has 5 heteroatoms. The van der Waals surface area contributed by atoms with Gasteiger partial charge in [-0.1, -0.05) is 18.2 Å². The molecule has 1 saturated heterocycles. The summed E-state index contributed by atoms with van der Waals surface area (Å²) in [4.78, 5) is 0. The number of para-hydroxylation sites is 1. The summed E-state index contributed by atoms with van der Waals surface area (Å²) in [6.45, 7) is 8.07. The lowest BCUT2D eigenvalue weighted by molar-refractivity contribution is 0.00578. The van der Waals surface area contributed by atoms with Crippen LogP contribution in [0.4, 0.5) is 0 Å². The highest BCUT2D eigenvalue weighted by Crippen LogP contribution is 2.38. The minimum atomic E-state index is -0.499. The number of benzene rings is 1. The van der Waals surface area contributed by atoms with Gasteiger partial charge in [-0.2, -0.15) is 0 Å². The molecule has 1 aliphatic rings. The molecule has 1 aromatic heterocycles. The van der Waals surface area contributed by atoms with E-state index in [1.165, 1.54) is 0 Å². The molecule has 0 spiro atoms. The van der Waals surface area contributed by atoms with Gasteiger partial charge in [0.25, 0.3) is 0 Å². The van der Waals surface area contributed by atoms with Gasteiger partial charge >= 0.3 is 7.12 Å². The second-order valence-corrected chi connectivity index (χ2v) is 6.22. The van der Waals surface area contributed by atoms with Crippen molar-refractivity contribution < 1.29 is 13.7 Å². The topological polar surface area (TPSA) is 31.6 Å². The maximum atomic E-state index is 6.21. The Bertz CT molecular complexity index is 617. The maximum absolute atomic E-state index is 6.21. The largest absolute Gasteiger partial charge is 0.500 e. The molecule has 1 aromatic carbocycles. The quantitative estimate of drug-likeness (QED) is 0.749. The highest BCUT2D eigenvalue weighted by atomic mass is 35.5. The van der Waals surface area contributed by atoms with Crippen LogP contribution in [-0.4, -0.2) is 18.3 Å². The Morgan fingerprint density at radius 3 is 2.21 bits per heavy atom. The van der Waals surface area contributed by atoms with Gasteiger partial charge in [0.15, 0.2) is 5.22 Å². The molecule has 2 heterocycles. The van der Waals surface area contributed by atoms with Crippen molar-refractivity contribution in [3.05, 3.63) is 29.5 Å². The molecule has 0 aliphatic carbocycles. The monoisotopic (exact) mass is 278 g/mol. The number of hydrogen-bond acceptors (Lipinski definition) is 3. The van der Waals surface area contributed by atoms with Crippen LogP contribution in [-0.2, 0) is 9.31 Å². The molecular formula is C14H16BClO3. The molecule has 0 N–H and O–H groups in total. The Labute approximate surface area is 118 Å². The molecule has 3 nitrogen and oxygen atoms in total. The third-order valence-electron chi connectivity index (χ3n) is 4.08. The van der Waals surface area contributed by atoms with Gasteiger partial charge in [-0.3, -0.25) is 0 Å². The summed E-state index contributed by atoms with van der Waals surface area (Å²) in [6, 6.07) is 7.71. The predicted octanol–water partition coefficient (Wildman–Crippen LogP) is 3.39. The van der Waals surface area contributed by atoms with Crippen molar-refractivity contribution >= 4 is 35.2 Å². The second kappa shape index (κ2) is 4.01. The van der Waals surface area contributed by atoms with Crippen LogP contribution in [0.1, 0.15) is 27.7 Å². The zero-order valence-corrected chi connectivity index (χ0v) is 12.2. The maximum Gasteiger partial charge on any atom is 0.500 e. The molecule has 19 heavy (non-hydrogen) atoms. The number of halogens is 1. The van der Waals surface area contributed by atoms with Crippen molar-refractivity contribution in [2.24, 2.45) is 0 Å². The first-order valence-corrected chi connectivity index (χ1v) is 6.72. The summed E-state index contributed by atoms with van der Waals surface area (Å²) in [5.74, 6) is 0. The first kappa shape index (κ1) is 13.0. The second-order valence-electron chi connectivity index (χ2n) is 5.87. The van der Waals surface area contributed by atoms with Crippen LogP contribution in [0.15, 0.2) is 28.7 Å². The van der Waals surface area contributed by atoms with Crippen LogP contribution in [0.25, 0.3) is 11.0 Å². The van der Waals surface area contributed by atoms with E-state index in [0.717, 1.165) is 16.4 Å². The van der Waals surface area contributed by atoms with E-state index < -0.39 is 7.12 Å². The first-order chi connectivity index (χ1) is 8.82. The fourth-order valence-corrected chi connectivity index (χ4v) is 2.49. The number of rotatable bonds is 1. The standard InChI is InChI=1S/C14H16BClO3/c1-13(2)14(3,4)19-15(18-13)11-9-7-5-6-8-10(9)17-12(11)16/h5-8H,1-4H3. The zero-order chi connectivity index (χ0) is 13.8. The minimum Gasteiger partial charge on any atom is -0.445 e. The van der Waals surface area contributed by atoms with Crippen molar-refractivity contribution in [1.82, 2.24) is 0 Å². The summed E-state index contributed by atoms with van der Waals surface area (Å²) in [5.41, 5.74) is 0.742. The lowest BCUT2D eigenvalue weighted by Gasteiger charge is -2.32. The van der Waals surface area contributed by atoms with E-state index in [-0.39, 0.29) is 11.2 Å². The van der Waals surface area contributed by atoms with Crippen molar-refractivity contribution in [3.8, 4) is 0 Å². The molecule has 0 unspecified atom stereocenters. The van der Waals surface area contributed by atoms with Crippen molar-refractivity contribution in [1.29, 1.82) is 0 Å². The van der Waals surface area contributed by atoms with Gasteiger partial charge in [-0.15, -0.1) is 0 Å². The van der Waals surface area contributed by atoms with E-state index in [0.29, 0.717) is 5.22 Å². The first-order valence-electron chi connectivity index (χ1n) is 6.34. The molecule has 0 saturated carbocycles. The molecule has 0 amide bonds. The van der Waals surface area contributed by atoms with Crippen LogP contribution < -0.4 is 5.46 Å². The summed E-state index contributed by atoms with van der Waals surface area (Å²) < 4.78 is 17.6. The van der Waals surface area contributed by atoms with Gasteiger partial charge < -0.3 is 13.7 Å². The molecule has 1 aliphatic heterocycles. The molecule has 3 rings (SSSR count). The average molecular weight is 279 g/mol. The Hall–Kier alpha value is -0.965. The third kappa shape index (κ3) is 1.90. The van der Waals surface area contributed by atoms with Gasteiger partial charge in [-0.05, 0) is 45.4 Å². The summed E-state index contributed by atoms with van der Waals surface area (Å²) in [5, 5.41) is 1.27. The lowest BCUT2D eigenvalue weighted by atomic mass is 9.79. The van der Waals surface area contributed by atoms with E-state index in [9.17, 15) is 0 Å². The Morgan fingerprint density at radius 1 is 1.00 bits per heavy atom. The van der Waals surface area contributed by atoms with Crippen LogP contribution >= 0.6 is 11.6 Å². The summed E-state index contributed by atoms with van der Waals surface area (Å²) in [7, 11) is -0.499. The van der Waals surface area contributed by atoms with Gasteiger partial charge in [0.2, 0.25) is 0 Å². The molecule has 2 aromatic rings. The van der Waals surface area contributed by atoms with E-state index >= 15 is 0 Å². The number of fused-ring (bicyclic) bond motifs is 1. The molecule has 0 radical (unpaired) electrons. The van der Waals surface area contributed by atoms with Crippen LogP contribution in [0.5, 0.6) is 0 Å². The smallest absolute Gasteiger partial charge is 0.445 e. The minimum absolute atomic E-state index is 0.333. The van der Waals surface area contributed by atoms with Crippen LogP contribution in [0.3, 0.4) is 0 Å². The third-order valence-corrected chi connectivity index (χ3v) is 4.36. The van der Waals surface area contributed by atoms with Gasteiger partial charge in [0, 0.05) is 10.8 Å². The summed E-state index contributed by atoms with van der Waals surface area (Å²) in [6.07, 6.45) is 0. The van der Waals surface area contributed by atoms with Crippen molar-refractivity contribution in [3.63, 3.8) is 0 Å². The Morgan fingerprint density at radius 2 is 1.58 bits per heavy atom. The summed E-state index contributed by atoms with van der Waals surface area (Å²) >= 11 is 6.21. The fraction of sp³-hybridized carbons (Fsp3) is 0.429. The van der Waals surface area contributed by atoms with Crippen molar-refractivity contribution in [2.75, 3.05) is 0 Å². The normalized spacial score (nSPS) is 21.2.